The van der Waals surface area contributed by atoms with E-state index in [9.17, 15) is 4.79 Å². The third-order valence-electron chi connectivity index (χ3n) is 4.88. The van der Waals surface area contributed by atoms with Gasteiger partial charge >= 0.3 is 0 Å². The van der Waals surface area contributed by atoms with Gasteiger partial charge in [0.25, 0.3) is 0 Å². The largest absolute Gasteiger partial charge is 0.342 e. The van der Waals surface area contributed by atoms with E-state index in [0.29, 0.717) is 28.9 Å². The number of amides is 1. The lowest BCUT2D eigenvalue weighted by Gasteiger charge is -2.16. The summed E-state index contributed by atoms with van der Waals surface area (Å²) in [6.45, 7) is 6.05. The molecule has 1 aromatic heterocycles. The Kier molecular flexibility index (Phi) is 5.37. The summed E-state index contributed by atoms with van der Waals surface area (Å²) in [4.78, 5) is 14.5. The van der Waals surface area contributed by atoms with E-state index < -0.39 is 0 Å². The minimum Gasteiger partial charge on any atom is -0.342 e. The lowest BCUT2D eigenvalue weighted by Crippen LogP contribution is -2.31. The van der Waals surface area contributed by atoms with E-state index in [0.717, 1.165) is 42.1 Å². The first-order valence-corrected chi connectivity index (χ1v) is 9.14. The molecule has 1 aliphatic rings. The second-order valence-electron chi connectivity index (χ2n) is 6.56. The predicted octanol–water partition coefficient (Wildman–Crippen LogP) is 3.15. The highest BCUT2D eigenvalue weighted by Gasteiger charge is 2.27. The van der Waals surface area contributed by atoms with E-state index in [2.05, 4.69) is 5.10 Å². The first kappa shape index (κ1) is 18.2. The second-order valence-corrected chi connectivity index (χ2v) is 7.41. The number of rotatable bonds is 4. The number of likely N-dealkylation sites (tertiary alicyclic amines) is 1. The molecule has 0 aliphatic carbocycles. The molecule has 1 amide bonds. The molecule has 1 aromatic carbocycles. The predicted molar refractivity (Wildman–Crippen MR) is 101 cm³/mol. The third-order valence-corrected chi connectivity index (χ3v) is 5.42. The molecule has 1 fully saturated rings. The molecule has 5 nitrogen and oxygen atoms in total. The van der Waals surface area contributed by atoms with E-state index >= 15 is 0 Å². The van der Waals surface area contributed by atoms with Gasteiger partial charge in [-0.25, -0.2) is 4.68 Å². The highest BCUT2D eigenvalue weighted by molar-refractivity contribution is 6.35. The fraction of sp³-hybridized carbons (Fsp3) is 0.444. The molecule has 2 heterocycles. The summed E-state index contributed by atoms with van der Waals surface area (Å²) in [6, 6.07) is 5.31. The molecule has 7 heteroatoms. The van der Waals surface area contributed by atoms with Crippen molar-refractivity contribution in [2.45, 2.75) is 26.7 Å². The molecule has 0 radical (unpaired) electrons. The number of hydrogen-bond donors (Lipinski definition) is 1. The molecule has 1 atom stereocenters. The fourth-order valence-corrected chi connectivity index (χ4v) is 3.82. The standard InChI is InChI=1S/C18H22Cl2N4O/c1-11-15(8-18(25)23-6-5-13(9-21)10-23)12(2)24(22-11)17-4-3-14(19)7-16(17)20/h3-4,7,13H,5-6,8-10,21H2,1-2H3/t13-/m0/s1. The molecule has 0 saturated carbocycles. The Balaban J connectivity index is 1.84. The van der Waals surface area contributed by atoms with Crippen LogP contribution in [0.4, 0.5) is 0 Å². The summed E-state index contributed by atoms with van der Waals surface area (Å²) in [5.41, 5.74) is 9.19. The smallest absolute Gasteiger partial charge is 0.227 e. The molecular weight excluding hydrogens is 359 g/mol. The summed E-state index contributed by atoms with van der Waals surface area (Å²) in [5, 5.41) is 5.69. The van der Waals surface area contributed by atoms with Gasteiger partial charge in [-0.05, 0) is 50.9 Å². The number of carbonyl (C=O) groups is 1. The van der Waals surface area contributed by atoms with Crippen LogP contribution in [-0.4, -0.2) is 40.2 Å². The molecule has 2 N–H and O–H groups in total. The molecule has 0 spiro atoms. The van der Waals surface area contributed by atoms with Crippen LogP contribution < -0.4 is 5.73 Å². The topological polar surface area (TPSA) is 64.2 Å². The molecule has 0 bridgehead atoms. The quantitative estimate of drug-likeness (QED) is 0.885. The van der Waals surface area contributed by atoms with Gasteiger partial charge in [0.05, 0.1) is 22.8 Å². The molecule has 3 rings (SSSR count). The van der Waals surface area contributed by atoms with Crippen LogP contribution in [0.15, 0.2) is 18.2 Å². The maximum absolute atomic E-state index is 12.6. The molecule has 0 unspecified atom stereocenters. The Morgan fingerprint density at radius 2 is 2.12 bits per heavy atom. The van der Waals surface area contributed by atoms with Crippen molar-refractivity contribution in [3.05, 3.63) is 45.2 Å². The van der Waals surface area contributed by atoms with Gasteiger partial charge in [0.15, 0.2) is 0 Å². The first-order chi connectivity index (χ1) is 11.9. The molecular formula is C18H22Cl2N4O. The fourth-order valence-electron chi connectivity index (χ4n) is 3.33. The van der Waals surface area contributed by atoms with E-state index in [4.69, 9.17) is 28.9 Å². The number of benzene rings is 1. The van der Waals surface area contributed by atoms with E-state index in [1.54, 1.807) is 16.8 Å². The van der Waals surface area contributed by atoms with Gasteiger partial charge in [-0.1, -0.05) is 23.2 Å². The van der Waals surface area contributed by atoms with Crippen molar-refractivity contribution in [1.82, 2.24) is 14.7 Å². The molecule has 2 aromatic rings. The van der Waals surface area contributed by atoms with Crippen LogP contribution >= 0.6 is 23.2 Å². The van der Waals surface area contributed by atoms with Crippen LogP contribution in [0.2, 0.25) is 10.0 Å². The van der Waals surface area contributed by atoms with Gasteiger partial charge in [-0.2, -0.15) is 5.10 Å². The van der Waals surface area contributed by atoms with Crippen molar-refractivity contribution in [3.63, 3.8) is 0 Å². The zero-order chi connectivity index (χ0) is 18.1. The van der Waals surface area contributed by atoms with Crippen molar-refractivity contribution in [2.24, 2.45) is 11.7 Å². The monoisotopic (exact) mass is 380 g/mol. The number of carbonyl (C=O) groups excluding carboxylic acids is 1. The zero-order valence-electron chi connectivity index (χ0n) is 14.4. The van der Waals surface area contributed by atoms with E-state index in [1.807, 2.05) is 24.8 Å². The highest BCUT2D eigenvalue weighted by Crippen LogP contribution is 2.27. The molecule has 134 valence electrons. The van der Waals surface area contributed by atoms with Crippen molar-refractivity contribution in [2.75, 3.05) is 19.6 Å². The van der Waals surface area contributed by atoms with Gasteiger partial charge in [0, 0.05) is 29.4 Å². The van der Waals surface area contributed by atoms with Crippen LogP contribution in [0.1, 0.15) is 23.4 Å². The number of hydrogen-bond acceptors (Lipinski definition) is 3. The van der Waals surface area contributed by atoms with Crippen molar-refractivity contribution in [1.29, 1.82) is 0 Å². The average Bonchev–Trinajstić information content (AvgIpc) is 3.15. The number of halogens is 2. The number of nitrogens with zero attached hydrogens (tertiary/aromatic N) is 3. The number of aryl methyl sites for hydroxylation is 1. The highest BCUT2D eigenvalue weighted by atomic mass is 35.5. The zero-order valence-corrected chi connectivity index (χ0v) is 15.9. The minimum absolute atomic E-state index is 0.129. The van der Waals surface area contributed by atoms with Crippen LogP contribution in [-0.2, 0) is 11.2 Å². The Morgan fingerprint density at radius 3 is 2.76 bits per heavy atom. The Bertz CT molecular complexity index is 803. The van der Waals surface area contributed by atoms with E-state index in [1.165, 1.54) is 0 Å². The normalized spacial score (nSPS) is 17.3. The van der Waals surface area contributed by atoms with Crippen molar-refractivity contribution in [3.8, 4) is 5.69 Å². The van der Waals surface area contributed by atoms with Crippen LogP contribution in [0.5, 0.6) is 0 Å². The van der Waals surface area contributed by atoms with Gasteiger partial charge < -0.3 is 10.6 Å². The minimum atomic E-state index is 0.129. The Labute approximate surface area is 157 Å². The van der Waals surface area contributed by atoms with Crippen LogP contribution in [0, 0.1) is 19.8 Å². The number of aromatic nitrogens is 2. The molecule has 25 heavy (non-hydrogen) atoms. The number of nitrogens with two attached hydrogens (primary N) is 1. The maximum Gasteiger partial charge on any atom is 0.227 e. The van der Waals surface area contributed by atoms with E-state index in [-0.39, 0.29) is 5.91 Å². The maximum atomic E-state index is 12.6. The SMILES string of the molecule is Cc1nn(-c2ccc(Cl)cc2Cl)c(C)c1CC(=O)N1CC[C@@H](CN)C1. The average molecular weight is 381 g/mol. The van der Waals surface area contributed by atoms with Gasteiger partial charge in [-0.15, -0.1) is 0 Å². The summed E-state index contributed by atoms with van der Waals surface area (Å²) in [5.74, 6) is 0.547. The summed E-state index contributed by atoms with van der Waals surface area (Å²) in [6.07, 6.45) is 1.33. The lowest BCUT2D eigenvalue weighted by molar-refractivity contribution is -0.129. The van der Waals surface area contributed by atoms with Crippen LogP contribution in [0.25, 0.3) is 5.69 Å². The summed E-state index contributed by atoms with van der Waals surface area (Å²) in [7, 11) is 0. The molecule has 1 aliphatic heterocycles. The van der Waals surface area contributed by atoms with Gasteiger partial charge in [-0.3, -0.25) is 4.79 Å². The van der Waals surface area contributed by atoms with Gasteiger partial charge in [0.2, 0.25) is 5.91 Å². The summed E-state index contributed by atoms with van der Waals surface area (Å²) < 4.78 is 1.78. The van der Waals surface area contributed by atoms with Crippen molar-refractivity contribution >= 4 is 29.1 Å². The summed E-state index contributed by atoms with van der Waals surface area (Å²) >= 11 is 12.3. The van der Waals surface area contributed by atoms with Crippen LogP contribution in [0.3, 0.4) is 0 Å². The van der Waals surface area contributed by atoms with Gasteiger partial charge in [0.1, 0.15) is 0 Å². The van der Waals surface area contributed by atoms with Crippen molar-refractivity contribution < 1.29 is 4.79 Å². The lowest BCUT2D eigenvalue weighted by atomic mass is 10.1. The Morgan fingerprint density at radius 1 is 1.36 bits per heavy atom. The Hall–Kier alpha value is -1.56. The second kappa shape index (κ2) is 7.36. The first-order valence-electron chi connectivity index (χ1n) is 8.39. The third kappa shape index (κ3) is 3.68. The molecule has 1 saturated heterocycles.